The number of unbranched alkanes of at least 4 members (excludes halogenated alkanes) is 30. The van der Waals surface area contributed by atoms with E-state index < -0.39 is 124 Å². The molecule has 3 aliphatic rings. The Morgan fingerprint density at radius 1 is 0.417 bits per heavy atom. The Balaban J connectivity index is 1.45. The highest BCUT2D eigenvalue weighted by Gasteiger charge is 2.53. The van der Waals surface area contributed by atoms with E-state index in [0.29, 0.717) is 12.8 Å². The van der Waals surface area contributed by atoms with E-state index in [1.54, 1.807) is 6.08 Å². The highest BCUT2D eigenvalue weighted by Crippen LogP contribution is 2.33. The topological polar surface area (TPSA) is 307 Å². The summed E-state index contributed by atoms with van der Waals surface area (Å²) in [5, 5.41) is 120. The van der Waals surface area contributed by atoms with Gasteiger partial charge in [0.2, 0.25) is 5.91 Å². The number of rotatable bonds is 50. The molecule has 0 aromatic carbocycles. The molecule has 12 N–H and O–H groups in total. The minimum atomic E-state index is -1.98. The predicted octanol–water partition coefficient (Wildman–Crippen LogP) is 7.66. The van der Waals surface area contributed by atoms with Gasteiger partial charge in [-0.2, -0.15) is 0 Å². The number of allylic oxidation sites excluding steroid dienone is 5. The van der Waals surface area contributed by atoms with Gasteiger partial charge >= 0.3 is 0 Å². The Morgan fingerprint density at radius 2 is 0.762 bits per heavy atom. The number of ether oxygens (including phenoxy) is 6. The van der Waals surface area contributed by atoms with Crippen LogP contribution in [0, 0.1) is 0 Å². The third kappa shape index (κ3) is 30.5. The van der Waals surface area contributed by atoms with Gasteiger partial charge in [0.15, 0.2) is 18.9 Å². The summed E-state index contributed by atoms with van der Waals surface area (Å²) in [6.45, 7) is 1.69. The van der Waals surface area contributed by atoms with Gasteiger partial charge in [-0.15, -0.1) is 0 Å². The lowest BCUT2D eigenvalue weighted by atomic mass is 9.96. The van der Waals surface area contributed by atoms with Gasteiger partial charge in [-0.1, -0.05) is 211 Å². The van der Waals surface area contributed by atoms with Gasteiger partial charge in [0.05, 0.1) is 38.6 Å². The zero-order valence-corrected chi connectivity index (χ0v) is 51.6. The first-order valence-electron chi connectivity index (χ1n) is 33.2. The lowest BCUT2D eigenvalue weighted by molar-refractivity contribution is -0.379. The van der Waals surface area contributed by atoms with Gasteiger partial charge in [-0.3, -0.25) is 4.79 Å². The molecule has 492 valence electrons. The van der Waals surface area contributed by atoms with Crippen LogP contribution in [0.5, 0.6) is 0 Å². The molecule has 1 amide bonds. The van der Waals surface area contributed by atoms with Crippen LogP contribution in [0.1, 0.15) is 239 Å². The monoisotopic (exact) mass is 1200 g/mol. The average Bonchev–Trinajstić information content (AvgIpc) is 2.92. The lowest BCUT2D eigenvalue weighted by Crippen LogP contribution is -2.66. The lowest BCUT2D eigenvalue weighted by Gasteiger charge is -2.48. The van der Waals surface area contributed by atoms with Gasteiger partial charge in [-0.05, 0) is 57.8 Å². The van der Waals surface area contributed by atoms with Crippen LogP contribution < -0.4 is 5.32 Å². The Bertz CT molecular complexity index is 1670. The molecule has 0 aliphatic carbocycles. The molecule has 17 unspecified atom stereocenters. The van der Waals surface area contributed by atoms with Crippen LogP contribution in [0.2, 0.25) is 0 Å². The molecule has 0 bridgehead atoms. The van der Waals surface area contributed by atoms with Gasteiger partial charge < -0.3 is 89.9 Å². The maximum atomic E-state index is 13.3. The minimum absolute atomic E-state index is 0.226. The summed E-state index contributed by atoms with van der Waals surface area (Å²) in [5.74, 6) is -0.294. The van der Waals surface area contributed by atoms with Crippen molar-refractivity contribution >= 4 is 5.91 Å². The minimum Gasteiger partial charge on any atom is -0.394 e. The van der Waals surface area contributed by atoms with E-state index in [1.807, 2.05) is 6.08 Å². The Hall–Kier alpha value is -1.99. The molecule has 0 saturated carbocycles. The largest absolute Gasteiger partial charge is 0.394 e. The number of amides is 1. The SMILES string of the molecule is CCCCCC/C=C\CCCCCCCC(=O)NC(COC1OC(CO)C(OC2OC(CO)C(OC3OC(CO)C(O)C(O)C3O)C(O)C2O)C(O)C1O)C(O)/C=C/CC/C=C/CCCCCCCCCCCCCCCCCCCCCC. The van der Waals surface area contributed by atoms with Crippen molar-refractivity contribution < 1.29 is 89.4 Å². The number of carbonyl (C=O) groups excluding carboxylic acids is 1. The maximum absolute atomic E-state index is 13.3. The third-order valence-electron chi connectivity index (χ3n) is 16.7. The first-order valence-corrected chi connectivity index (χ1v) is 33.2. The normalized spacial score (nSPS) is 29.4. The summed E-state index contributed by atoms with van der Waals surface area (Å²) >= 11 is 0. The van der Waals surface area contributed by atoms with Crippen molar-refractivity contribution in [1.82, 2.24) is 5.32 Å². The van der Waals surface area contributed by atoms with Gasteiger partial charge in [0.1, 0.15) is 73.2 Å². The molecule has 0 aromatic heterocycles. The average molecular weight is 1200 g/mol. The molecule has 3 saturated heterocycles. The molecule has 3 rings (SSSR count). The number of aliphatic hydroxyl groups is 11. The summed E-state index contributed by atoms with van der Waals surface area (Å²) in [6.07, 6.45) is 27.1. The first kappa shape index (κ1) is 76.3. The molecule has 84 heavy (non-hydrogen) atoms. The number of nitrogens with one attached hydrogen (secondary N) is 1. The molecular formula is C65H119NO18. The molecule has 3 aliphatic heterocycles. The van der Waals surface area contributed by atoms with Crippen molar-refractivity contribution in [3.05, 3.63) is 36.5 Å². The fourth-order valence-corrected chi connectivity index (χ4v) is 11.2. The Morgan fingerprint density at radius 3 is 1.20 bits per heavy atom. The number of aliphatic hydroxyl groups excluding tert-OH is 11. The Labute approximate surface area is 504 Å². The number of hydrogen-bond acceptors (Lipinski definition) is 18. The molecule has 0 spiro atoms. The van der Waals surface area contributed by atoms with E-state index in [9.17, 15) is 61.0 Å². The van der Waals surface area contributed by atoms with Crippen molar-refractivity contribution in [3.63, 3.8) is 0 Å². The molecular weight excluding hydrogens is 1080 g/mol. The quantitative estimate of drug-likeness (QED) is 0.0205. The van der Waals surface area contributed by atoms with Crippen molar-refractivity contribution in [3.8, 4) is 0 Å². The molecule has 3 heterocycles. The van der Waals surface area contributed by atoms with E-state index in [1.165, 1.54) is 148 Å². The van der Waals surface area contributed by atoms with E-state index in [4.69, 9.17) is 28.4 Å². The van der Waals surface area contributed by atoms with Gasteiger partial charge in [0, 0.05) is 6.42 Å². The fraction of sp³-hybridized carbons (Fsp3) is 0.892. The van der Waals surface area contributed by atoms with Crippen LogP contribution in [0.25, 0.3) is 0 Å². The highest BCUT2D eigenvalue weighted by molar-refractivity contribution is 5.76. The van der Waals surface area contributed by atoms with E-state index >= 15 is 0 Å². The van der Waals surface area contributed by atoms with Crippen LogP contribution in [-0.4, -0.2) is 193 Å². The summed E-state index contributed by atoms with van der Waals surface area (Å²) in [7, 11) is 0. The third-order valence-corrected chi connectivity index (χ3v) is 16.7. The fourth-order valence-electron chi connectivity index (χ4n) is 11.2. The second-order valence-electron chi connectivity index (χ2n) is 23.9. The molecule has 19 heteroatoms. The molecule has 0 aromatic rings. The van der Waals surface area contributed by atoms with Crippen LogP contribution in [-0.2, 0) is 33.2 Å². The van der Waals surface area contributed by atoms with Crippen LogP contribution in [0.15, 0.2) is 36.5 Å². The number of carbonyl (C=O) groups is 1. The zero-order valence-electron chi connectivity index (χ0n) is 51.6. The summed E-state index contributed by atoms with van der Waals surface area (Å²) < 4.78 is 34.3. The summed E-state index contributed by atoms with van der Waals surface area (Å²) in [6, 6.07) is -0.993. The molecule has 19 nitrogen and oxygen atoms in total. The second-order valence-corrected chi connectivity index (χ2v) is 23.9. The van der Waals surface area contributed by atoms with E-state index in [-0.39, 0.29) is 18.9 Å². The van der Waals surface area contributed by atoms with Crippen molar-refractivity contribution in [2.75, 3.05) is 26.4 Å². The summed E-state index contributed by atoms with van der Waals surface area (Å²) in [5.41, 5.74) is 0. The van der Waals surface area contributed by atoms with Crippen molar-refractivity contribution in [1.29, 1.82) is 0 Å². The second kappa shape index (κ2) is 47.9. The van der Waals surface area contributed by atoms with Crippen molar-refractivity contribution in [2.45, 2.75) is 343 Å². The van der Waals surface area contributed by atoms with Crippen LogP contribution >= 0.6 is 0 Å². The smallest absolute Gasteiger partial charge is 0.220 e. The Kier molecular flexibility index (Phi) is 43.5. The van der Waals surface area contributed by atoms with E-state index in [0.717, 1.165) is 57.8 Å². The molecule has 3 fully saturated rings. The van der Waals surface area contributed by atoms with Crippen molar-refractivity contribution in [2.24, 2.45) is 0 Å². The predicted molar refractivity (Wildman–Crippen MR) is 323 cm³/mol. The van der Waals surface area contributed by atoms with Crippen LogP contribution in [0.4, 0.5) is 0 Å². The molecule has 0 radical (unpaired) electrons. The zero-order chi connectivity index (χ0) is 61.2. The summed E-state index contributed by atoms with van der Waals surface area (Å²) in [4.78, 5) is 13.3. The van der Waals surface area contributed by atoms with Gasteiger partial charge in [0.25, 0.3) is 0 Å². The van der Waals surface area contributed by atoms with E-state index in [2.05, 4.69) is 43.5 Å². The highest BCUT2D eigenvalue weighted by atomic mass is 16.8. The van der Waals surface area contributed by atoms with Crippen LogP contribution in [0.3, 0.4) is 0 Å². The maximum Gasteiger partial charge on any atom is 0.220 e. The van der Waals surface area contributed by atoms with Gasteiger partial charge in [-0.25, -0.2) is 0 Å². The number of hydrogen-bond donors (Lipinski definition) is 12. The first-order chi connectivity index (χ1) is 40.8. The standard InChI is InChI=1S/C65H119NO18/c1-3-5-7-9-11-13-15-17-18-19-20-21-22-23-24-25-26-27-28-29-31-32-34-36-38-40-42-49(70)48(66-53(71)43-41-39-37-35-33-30-16-14-12-10-8-6-4-2)47-79-63-59(77)56(74)61(51(45-68)81-63)84-65-60(78)57(75)62(52(46-69)82-65)83-64-58(76)55(73)54(72)50(44-67)80-64/h14,16,32,34,40,42,48-52,54-65,67-70,72-78H,3-13,15,17-31,33,35-39,41,43-47H2,1-2H3,(H,66,71)/b16-14-,34-32+,42-40+. The molecule has 17 atom stereocenters.